The van der Waals surface area contributed by atoms with Gasteiger partial charge in [0, 0.05) is 28.7 Å². The Morgan fingerprint density at radius 1 is 1.08 bits per heavy atom. The van der Waals surface area contributed by atoms with Crippen molar-refractivity contribution in [2.75, 3.05) is 0 Å². The lowest BCUT2D eigenvalue weighted by atomic mass is 10.1. The van der Waals surface area contributed by atoms with Gasteiger partial charge in [-0.2, -0.15) is 0 Å². The van der Waals surface area contributed by atoms with Crippen LogP contribution in [-0.4, -0.2) is 22.8 Å². The quantitative estimate of drug-likeness (QED) is 0.584. The van der Waals surface area contributed by atoms with Crippen LogP contribution in [0.1, 0.15) is 27.6 Å². The van der Waals surface area contributed by atoms with Crippen molar-refractivity contribution in [3.63, 3.8) is 0 Å². The number of aromatic amines is 1. The van der Waals surface area contributed by atoms with Crippen LogP contribution < -0.4 is 0 Å². The average Bonchev–Trinajstić information content (AvgIpc) is 2.97. The van der Waals surface area contributed by atoms with Gasteiger partial charge in [0.2, 0.25) is 5.78 Å². The van der Waals surface area contributed by atoms with Gasteiger partial charge in [-0.1, -0.05) is 18.2 Å². The summed E-state index contributed by atoms with van der Waals surface area (Å²) in [6.45, 7) is 1.41. The van der Waals surface area contributed by atoms with Crippen LogP contribution in [0.3, 0.4) is 0 Å². The lowest BCUT2D eigenvalue weighted by molar-refractivity contribution is 0.0315. The number of esters is 1. The Balaban J connectivity index is 1.80. The van der Waals surface area contributed by atoms with Gasteiger partial charge in [0.25, 0.3) is 0 Å². The maximum Gasteiger partial charge on any atom is 0.341 e. The van der Waals surface area contributed by atoms with Crippen molar-refractivity contribution in [2.45, 2.75) is 13.0 Å². The van der Waals surface area contributed by atoms with Crippen LogP contribution >= 0.6 is 0 Å². The molecule has 0 saturated carbocycles. The topological polar surface area (TPSA) is 59.2 Å². The van der Waals surface area contributed by atoms with Crippen LogP contribution in [0.4, 0.5) is 8.78 Å². The van der Waals surface area contributed by atoms with Gasteiger partial charge in [-0.15, -0.1) is 0 Å². The molecule has 0 bridgehead atoms. The van der Waals surface area contributed by atoms with Crippen LogP contribution in [0.2, 0.25) is 0 Å². The van der Waals surface area contributed by atoms with E-state index in [-0.39, 0.29) is 0 Å². The van der Waals surface area contributed by atoms with Crippen molar-refractivity contribution in [3.05, 3.63) is 71.4 Å². The first-order valence-electron chi connectivity index (χ1n) is 7.23. The molecule has 4 nitrogen and oxygen atoms in total. The predicted molar refractivity (Wildman–Crippen MR) is 83.9 cm³/mol. The normalized spacial score (nSPS) is 12.1. The fraction of sp³-hybridized carbons (Fsp3) is 0.111. The largest absolute Gasteiger partial charge is 0.451 e. The number of halogens is 2. The Kier molecular flexibility index (Phi) is 4.12. The first-order chi connectivity index (χ1) is 11.5. The van der Waals surface area contributed by atoms with Crippen LogP contribution in [0.5, 0.6) is 0 Å². The SMILES string of the molecule is CC(OC(=O)c1ccc(F)cc1F)C(=O)c1c[nH]c2ccccc12. The summed E-state index contributed by atoms with van der Waals surface area (Å²) in [7, 11) is 0. The summed E-state index contributed by atoms with van der Waals surface area (Å²) in [5.74, 6) is -3.27. The summed E-state index contributed by atoms with van der Waals surface area (Å²) in [6, 6.07) is 9.72. The fourth-order valence-corrected chi connectivity index (χ4v) is 2.43. The van der Waals surface area contributed by atoms with Crippen LogP contribution in [0, 0.1) is 11.6 Å². The van der Waals surface area contributed by atoms with E-state index in [1.165, 1.54) is 13.1 Å². The van der Waals surface area contributed by atoms with Gasteiger partial charge in [0.05, 0.1) is 5.56 Å². The van der Waals surface area contributed by atoms with Crippen molar-refractivity contribution in [1.29, 1.82) is 0 Å². The molecule has 0 radical (unpaired) electrons. The zero-order chi connectivity index (χ0) is 17.3. The van der Waals surface area contributed by atoms with Gasteiger partial charge < -0.3 is 9.72 Å². The molecule has 0 spiro atoms. The molecule has 0 aliphatic heterocycles. The first-order valence-corrected chi connectivity index (χ1v) is 7.23. The van der Waals surface area contributed by atoms with E-state index in [0.29, 0.717) is 17.0 Å². The number of para-hydroxylation sites is 1. The molecule has 1 aromatic heterocycles. The second kappa shape index (κ2) is 6.23. The molecule has 1 heterocycles. The summed E-state index contributed by atoms with van der Waals surface area (Å²) in [5, 5.41) is 0.707. The molecule has 122 valence electrons. The number of nitrogens with one attached hydrogen (secondary N) is 1. The molecule has 0 saturated heterocycles. The molecule has 0 fully saturated rings. The number of ether oxygens (including phenoxy) is 1. The Morgan fingerprint density at radius 3 is 2.58 bits per heavy atom. The van der Waals surface area contributed by atoms with Crippen molar-refractivity contribution in [2.24, 2.45) is 0 Å². The molecule has 6 heteroatoms. The molecule has 3 aromatic rings. The molecule has 1 unspecified atom stereocenters. The number of aromatic nitrogens is 1. The number of carbonyl (C=O) groups is 2. The Labute approximate surface area is 136 Å². The summed E-state index contributed by atoms with van der Waals surface area (Å²) >= 11 is 0. The molecule has 1 N–H and O–H groups in total. The smallest absolute Gasteiger partial charge is 0.341 e. The highest BCUT2D eigenvalue weighted by molar-refractivity contribution is 6.10. The zero-order valence-corrected chi connectivity index (χ0v) is 12.7. The second-order valence-electron chi connectivity index (χ2n) is 5.28. The van der Waals surface area contributed by atoms with Crippen LogP contribution in [0.25, 0.3) is 10.9 Å². The Bertz CT molecular complexity index is 933. The van der Waals surface area contributed by atoms with Gasteiger partial charge in [0.15, 0.2) is 6.10 Å². The van der Waals surface area contributed by atoms with Gasteiger partial charge in [-0.05, 0) is 25.1 Å². The van der Waals surface area contributed by atoms with Gasteiger partial charge in [0.1, 0.15) is 11.6 Å². The van der Waals surface area contributed by atoms with Crippen LogP contribution in [-0.2, 0) is 4.74 Å². The highest BCUT2D eigenvalue weighted by Gasteiger charge is 2.24. The number of hydrogen-bond donors (Lipinski definition) is 1. The Hall–Kier alpha value is -3.02. The molecule has 3 rings (SSSR count). The molecule has 0 amide bonds. The van der Waals surface area contributed by atoms with E-state index in [4.69, 9.17) is 4.74 Å². The van der Waals surface area contributed by atoms with E-state index in [2.05, 4.69) is 4.98 Å². The van der Waals surface area contributed by atoms with Crippen molar-refractivity contribution in [1.82, 2.24) is 4.98 Å². The first kappa shape index (κ1) is 15.9. The maximum absolute atomic E-state index is 13.6. The van der Waals surface area contributed by atoms with E-state index >= 15 is 0 Å². The highest BCUT2D eigenvalue weighted by atomic mass is 19.1. The summed E-state index contributed by atoms with van der Waals surface area (Å²) in [5.41, 5.74) is 0.740. The average molecular weight is 329 g/mol. The molecule has 0 aliphatic rings. The second-order valence-corrected chi connectivity index (χ2v) is 5.28. The van der Waals surface area contributed by atoms with Crippen molar-refractivity contribution >= 4 is 22.7 Å². The van der Waals surface area contributed by atoms with E-state index in [1.807, 2.05) is 12.1 Å². The summed E-state index contributed by atoms with van der Waals surface area (Å²) < 4.78 is 31.5. The minimum atomic E-state index is -1.11. The molecule has 1 atom stereocenters. The predicted octanol–water partition coefficient (Wildman–Crippen LogP) is 3.87. The third-order valence-corrected chi connectivity index (χ3v) is 3.66. The third-order valence-electron chi connectivity index (χ3n) is 3.66. The lowest BCUT2D eigenvalue weighted by Gasteiger charge is -2.12. The Morgan fingerprint density at radius 2 is 1.83 bits per heavy atom. The zero-order valence-electron chi connectivity index (χ0n) is 12.7. The van der Waals surface area contributed by atoms with Crippen molar-refractivity contribution in [3.8, 4) is 0 Å². The molecular weight excluding hydrogens is 316 g/mol. The molecule has 24 heavy (non-hydrogen) atoms. The fourth-order valence-electron chi connectivity index (χ4n) is 2.43. The maximum atomic E-state index is 13.6. The van der Waals surface area contributed by atoms with E-state index < -0.39 is 35.1 Å². The standard InChI is InChI=1S/C18H13F2NO3/c1-10(24-18(23)13-7-6-11(19)8-15(13)20)17(22)14-9-21-16-5-3-2-4-12(14)16/h2-10,21H,1H3. The molecule has 2 aromatic carbocycles. The monoisotopic (exact) mass is 329 g/mol. The number of rotatable bonds is 4. The molecular formula is C18H13F2NO3. The van der Waals surface area contributed by atoms with E-state index in [1.54, 1.807) is 12.1 Å². The molecule has 0 aliphatic carbocycles. The van der Waals surface area contributed by atoms with Crippen molar-refractivity contribution < 1.29 is 23.1 Å². The third kappa shape index (κ3) is 2.90. The number of Topliss-reactive ketones (excluding diaryl/α,β-unsaturated/α-hetero) is 1. The summed E-state index contributed by atoms with van der Waals surface area (Å²) in [6.07, 6.45) is 0.427. The number of fused-ring (bicyclic) bond motifs is 1. The number of benzene rings is 2. The lowest BCUT2D eigenvalue weighted by Crippen LogP contribution is -2.24. The highest BCUT2D eigenvalue weighted by Crippen LogP contribution is 2.20. The number of H-pyrrole nitrogens is 1. The number of ketones is 1. The van der Waals surface area contributed by atoms with Gasteiger partial charge in [-0.25, -0.2) is 13.6 Å². The van der Waals surface area contributed by atoms with E-state index in [0.717, 1.165) is 17.6 Å². The minimum absolute atomic E-state index is 0.380. The van der Waals surface area contributed by atoms with Gasteiger partial charge in [-0.3, -0.25) is 4.79 Å². The number of hydrogen-bond acceptors (Lipinski definition) is 3. The van der Waals surface area contributed by atoms with E-state index in [9.17, 15) is 18.4 Å². The van der Waals surface area contributed by atoms with Crippen LogP contribution in [0.15, 0.2) is 48.7 Å². The number of carbonyl (C=O) groups excluding carboxylic acids is 2. The summed E-state index contributed by atoms with van der Waals surface area (Å²) in [4.78, 5) is 27.4. The van der Waals surface area contributed by atoms with Gasteiger partial charge >= 0.3 is 5.97 Å². The minimum Gasteiger partial charge on any atom is -0.451 e.